The van der Waals surface area contributed by atoms with Gasteiger partial charge in [0.2, 0.25) is 5.91 Å². The van der Waals surface area contributed by atoms with E-state index in [0.717, 1.165) is 48.7 Å². The Bertz CT molecular complexity index is 1660. The zero-order valence-electron chi connectivity index (χ0n) is 28.6. The van der Waals surface area contributed by atoms with E-state index in [1.54, 1.807) is 6.20 Å². The molecule has 1 aliphatic heterocycles. The van der Waals surface area contributed by atoms with E-state index in [2.05, 4.69) is 41.5 Å². The van der Waals surface area contributed by atoms with Gasteiger partial charge in [-0.2, -0.15) is 13.5 Å². The minimum atomic E-state index is -3.67. The fourth-order valence-electron chi connectivity index (χ4n) is 6.08. The van der Waals surface area contributed by atoms with Crippen LogP contribution in [-0.2, 0) is 20.3 Å². The van der Waals surface area contributed by atoms with Crippen LogP contribution in [0.4, 0.5) is 22.1 Å². The number of carbonyl (C=O) groups is 2. The molecule has 0 bridgehead atoms. The summed E-state index contributed by atoms with van der Waals surface area (Å²) in [6.07, 6.45) is 8.27. The average molecular weight is 668 g/mol. The lowest BCUT2D eigenvalue weighted by Crippen LogP contribution is -2.52. The Balaban J connectivity index is 0.000000930. The summed E-state index contributed by atoms with van der Waals surface area (Å²) in [5.74, 6) is 1.70. The van der Waals surface area contributed by atoms with Crippen LogP contribution in [0, 0.1) is 19.3 Å². The summed E-state index contributed by atoms with van der Waals surface area (Å²) in [6.45, 7) is 15.0. The van der Waals surface area contributed by atoms with Gasteiger partial charge in [0, 0.05) is 43.1 Å². The first kappa shape index (κ1) is 35.9. The second-order valence-corrected chi connectivity index (χ2v) is 15.5. The minimum Gasteiger partial charge on any atom is -0.353 e. The Kier molecular flexibility index (Phi) is 11.0. The molecule has 2 aromatic heterocycles. The number of rotatable bonds is 5. The van der Waals surface area contributed by atoms with Gasteiger partial charge in [0.05, 0.1) is 29.5 Å². The maximum absolute atomic E-state index is 13.2. The number of urea groups is 1. The molecule has 3 amide bonds. The highest BCUT2D eigenvalue weighted by atomic mass is 32.2. The standard InChI is InChI=1S/C33H45N7O2.CH4O3S/c1-23-10-12-26(13-11-23)40-28(21-27(37-40)33(6)14-8-7-9-15-33)36-31(42)35-25-20-24(2)29(34-22-25)38-16-18-39(19-17-38)30(41)32(3,4)5;1-5(2,3)4/h10-13,20-22H,7-9,14-19H2,1-6H3,(H2,35,36,42);1H3,(H,2,3,4). The largest absolute Gasteiger partial charge is 0.353 e. The van der Waals surface area contributed by atoms with Crippen LogP contribution in [0.15, 0.2) is 42.6 Å². The molecule has 0 radical (unpaired) electrons. The van der Waals surface area contributed by atoms with Crippen molar-refractivity contribution >= 4 is 39.4 Å². The summed E-state index contributed by atoms with van der Waals surface area (Å²) in [6, 6.07) is 11.8. The van der Waals surface area contributed by atoms with E-state index in [1.165, 1.54) is 24.8 Å². The Morgan fingerprint density at radius 3 is 2.09 bits per heavy atom. The van der Waals surface area contributed by atoms with Crippen molar-refractivity contribution in [3.8, 4) is 5.69 Å². The van der Waals surface area contributed by atoms with Crippen LogP contribution in [-0.4, -0.2) is 77.0 Å². The van der Waals surface area contributed by atoms with E-state index in [0.29, 0.717) is 30.9 Å². The second kappa shape index (κ2) is 14.4. The van der Waals surface area contributed by atoms with Crippen molar-refractivity contribution in [3.05, 3.63) is 59.4 Å². The number of benzene rings is 1. The molecule has 12 nitrogen and oxygen atoms in total. The van der Waals surface area contributed by atoms with Gasteiger partial charge in [-0.15, -0.1) is 0 Å². The maximum atomic E-state index is 13.2. The summed E-state index contributed by atoms with van der Waals surface area (Å²) >= 11 is 0. The minimum absolute atomic E-state index is 0.00345. The molecule has 47 heavy (non-hydrogen) atoms. The summed E-state index contributed by atoms with van der Waals surface area (Å²) in [5, 5.41) is 11.0. The number of amides is 3. The first-order valence-corrected chi connectivity index (χ1v) is 18.0. The van der Waals surface area contributed by atoms with Gasteiger partial charge in [-0.05, 0) is 50.5 Å². The van der Waals surface area contributed by atoms with E-state index < -0.39 is 10.1 Å². The van der Waals surface area contributed by atoms with E-state index >= 15 is 0 Å². The number of piperazine rings is 1. The highest BCUT2D eigenvalue weighted by Crippen LogP contribution is 2.39. The first-order chi connectivity index (χ1) is 21.9. The molecule has 256 valence electrons. The molecule has 2 aliphatic rings. The molecule has 0 unspecified atom stereocenters. The van der Waals surface area contributed by atoms with Crippen LogP contribution in [0.5, 0.6) is 0 Å². The van der Waals surface area contributed by atoms with Crippen molar-refractivity contribution in [1.82, 2.24) is 19.7 Å². The number of carbonyl (C=O) groups excluding carboxylic acids is 2. The van der Waals surface area contributed by atoms with E-state index in [1.807, 2.05) is 61.5 Å². The van der Waals surface area contributed by atoms with Gasteiger partial charge in [-0.1, -0.05) is 64.7 Å². The maximum Gasteiger partial charge on any atom is 0.324 e. The second-order valence-electron chi connectivity index (χ2n) is 14.0. The fraction of sp³-hybridized carbons (Fsp3) is 0.529. The number of hydrogen-bond donors (Lipinski definition) is 3. The third-order valence-corrected chi connectivity index (χ3v) is 8.62. The third-order valence-electron chi connectivity index (χ3n) is 8.62. The molecule has 0 spiro atoms. The lowest BCUT2D eigenvalue weighted by Gasteiger charge is -2.38. The molecule has 1 aliphatic carbocycles. The molecule has 13 heteroatoms. The zero-order valence-corrected chi connectivity index (χ0v) is 29.4. The number of nitrogens with one attached hydrogen (secondary N) is 2. The molecular formula is C34H49N7O5S. The number of hydrogen-bond acceptors (Lipinski definition) is 7. The summed E-state index contributed by atoms with van der Waals surface area (Å²) in [5.41, 5.74) is 4.32. The SMILES string of the molecule is CS(=O)(=O)O.Cc1ccc(-n2nc(C3(C)CCCCC3)cc2NC(=O)Nc2cnc(N3CCN(C(=O)C(C)(C)C)CC3)c(C)c2)cc1. The molecule has 3 aromatic rings. The van der Waals surface area contributed by atoms with Gasteiger partial charge < -0.3 is 15.1 Å². The predicted molar refractivity (Wildman–Crippen MR) is 186 cm³/mol. The normalized spacial score (nSPS) is 16.6. The smallest absolute Gasteiger partial charge is 0.324 e. The van der Waals surface area contributed by atoms with Crippen molar-refractivity contribution in [2.75, 3.05) is 48.0 Å². The van der Waals surface area contributed by atoms with Crippen LogP contribution in [0.3, 0.4) is 0 Å². The van der Waals surface area contributed by atoms with Gasteiger partial charge in [-0.25, -0.2) is 14.5 Å². The van der Waals surface area contributed by atoms with Crippen LogP contribution >= 0.6 is 0 Å². The van der Waals surface area contributed by atoms with Crippen molar-refractivity contribution in [2.24, 2.45) is 5.41 Å². The highest BCUT2D eigenvalue weighted by Gasteiger charge is 2.33. The van der Waals surface area contributed by atoms with Crippen LogP contribution in [0.25, 0.3) is 5.69 Å². The molecule has 1 saturated heterocycles. The molecule has 5 rings (SSSR count). The average Bonchev–Trinajstić information content (AvgIpc) is 3.41. The third kappa shape index (κ3) is 9.77. The number of aromatic nitrogens is 3. The molecule has 3 heterocycles. The quantitative estimate of drug-likeness (QED) is 0.283. The molecule has 1 saturated carbocycles. The number of nitrogens with zero attached hydrogens (tertiary/aromatic N) is 5. The van der Waals surface area contributed by atoms with Crippen molar-refractivity contribution in [2.45, 2.75) is 79.1 Å². The molecule has 3 N–H and O–H groups in total. The predicted octanol–water partition coefficient (Wildman–Crippen LogP) is 5.95. The van der Waals surface area contributed by atoms with Gasteiger partial charge in [0.15, 0.2) is 0 Å². The summed E-state index contributed by atoms with van der Waals surface area (Å²) in [7, 11) is -3.67. The Morgan fingerprint density at radius 2 is 1.53 bits per heavy atom. The Labute approximate surface area is 278 Å². The number of aryl methyl sites for hydroxylation is 2. The molecular weight excluding hydrogens is 618 g/mol. The van der Waals surface area contributed by atoms with Crippen molar-refractivity contribution in [1.29, 1.82) is 0 Å². The first-order valence-electron chi connectivity index (χ1n) is 16.1. The molecule has 2 fully saturated rings. The zero-order chi connectivity index (χ0) is 34.6. The van der Waals surface area contributed by atoms with Gasteiger partial charge in [0.1, 0.15) is 11.6 Å². The Morgan fingerprint density at radius 1 is 0.936 bits per heavy atom. The van der Waals surface area contributed by atoms with E-state index in [4.69, 9.17) is 14.6 Å². The monoisotopic (exact) mass is 667 g/mol. The number of pyridine rings is 1. The molecule has 0 atom stereocenters. The van der Waals surface area contributed by atoms with Crippen molar-refractivity contribution in [3.63, 3.8) is 0 Å². The van der Waals surface area contributed by atoms with Gasteiger partial charge in [-0.3, -0.25) is 14.7 Å². The summed E-state index contributed by atoms with van der Waals surface area (Å²) < 4.78 is 27.7. The van der Waals surface area contributed by atoms with Crippen molar-refractivity contribution < 1.29 is 22.6 Å². The lowest BCUT2D eigenvalue weighted by atomic mass is 9.73. The highest BCUT2D eigenvalue weighted by molar-refractivity contribution is 7.85. The lowest BCUT2D eigenvalue weighted by molar-refractivity contribution is -0.139. The van der Waals surface area contributed by atoms with E-state index in [-0.39, 0.29) is 22.8 Å². The van der Waals surface area contributed by atoms with Gasteiger partial charge in [0.25, 0.3) is 10.1 Å². The van der Waals surface area contributed by atoms with Crippen LogP contribution in [0.2, 0.25) is 0 Å². The number of anilines is 3. The van der Waals surface area contributed by atoms with Crippen LogP contribution in [0.1, 0.15) is 76.6 Å². The van der Waals surface area contributed by atoms with Crippen LogP contribution < -0.4 is 15.5 Å². The fourth-order valence-corrected chi connectivity index (χ4v) is 6.08. The Hall–Kier alpha value is -3.97. The summed E-state index contributed by atoms with van der Waals surface area (Å²) in [4.78, 5) is 34.7. The van der Waals surface area contributed by atoms with Gasteiger partial charge >= 0.3 is 6.03 Å². The van der Waals surface area contributed by atoms with E-state index in [9.17, 15) is 18.0 Å². The topological polar surface area (TPSA) is 150 Å². The molecule has 1 aromatic carbocycles.